The molecule has 0 rings (SSSR count). The zero-order valence-electron chi connectivity index (χ0n) is 19.1. The van der Waals surface area contributed by atoms with Crippen LogP contribution in [0.3, 0.4) is 0 Å². The highest BCUT2D eigenvalue weighted by Crippen LogP contribution is 2.27. The molecule has 0 saturated carbocycles. The molecule has 1 atom stereocenters. The molecule has 1 unspecified atom stereocenters. The standard InChI is InChI=1S/C23H49NO3S/c1-4-5-6-7-8-9-10-11-12-13-14-15-16-17-18-19-20-23(2,21-22-24-3)28(25,26)27/h24H,4-22H2,1-3H3,(H,25,26,27). The Morgan fingerprint density at radius 2 is 1.04 bits per heavy atom. The zero-order valence-corrected chi connectivity index (χ0v) is 20.0. The second-order valence-corrected chi connectivity index (χ2v) is 10.8. The van der Waals surface area contributed by atoms with Crippen LogP contribution in [0.4, 0.5) is 0 Å². The van der Waals surface area contributed by atoms with Gasteiger partial charge in [0.1, 0.15) is 10.1 Å². The van der Waals surface area contributed by atoms with E-state index in [0.29, 0.717) is 19.4 Å². The number of unbranched alkanes of at least 4 members (excludes halogenated alkanes) is 15. The summed E-state index contributed by atoms with van der Waals surface area (Å²) in [5.74, 6) is 0. The SMILES string of the molecule is CCCCCCCCCCCCCCCCCCC(C)(CC[NH2+]C)S(=O)(=O)[O-]. The first kappa shape index (κ1) is 27.9. The molecule has 0 aromatic heterocycles. The van der Waals surface area contributed by atoms with Crippen molar-refractivity contribution in [3.05, 3.63) is 0 Å². The predicted octanol–water partition coefficient (Wildman–Crippen LogP) is 5.53. The van der Waals surface area contributed by atoms with Crippen LogP contribution in [-0.2, 0) is 10.1 Å². The summed E-state index contributed by atoms with van der Waals surface area (Å²) in [7, 11) is -2.32. The van der Waals surface area contributed by atoms with Crippen LogP contribution in [-0.4, -0.2) is 31.3 Å². The van der Waals surface area contributed by atoms with Gasteiger partial charge >= 0.3 is 0 Å². The van der Waals surface area contributed by atoms with Gasteiger partial charge in [0.2, 0.25) is 0 Å². The van der Waals surface area contributed by atoms with E-state index in [4.69, 9.17) is 0 Å². The fraction of sp³-hybridized carbons (Fsp3) is 1.00. The number of nitrogens with two attached hydrogens (primary N) is 1. The van der Waals surface area contributed by atoms with E-state index >= 15 is 0 Å². The van der Waals surface area contributed by atoms with Crippen molar-refractivity contribution in [1.82, 2.24) is 0 Å². The maximum absolute atomic E-state index is 11.6. The molecular weight excluding hydrogens is 370 g/mol. The number of quaternary nitrogens is 1. The minimum atomic E-state index is -4.23. The van der Waals surface area contributed by atoms with Crippen LogP contribution in [0, 0.1) is 0 Å². The van der Waals surface area contributed by atoms with E-state index in [1.54, 1.807) is 6.92 Å². The molecule has 4 nitrogen and oxygen atoms in total. The number of hydrogen-bond acceptors (Lipinski definition) is 3. The lowest BCUT2D eigenvalue weighted by molar-refractivity contribution is -0.627. The summed E-state index contributed by atoms with van der Waals surface area (Å²) in [6.07, 6.45) is 21.8. The molecule has 0 aliphatic rings. The number of hydrogen-bond donors (Lipinski definition) is 1. The quantitative estimate of drug-likeness (QED) is 0.196. The van der Waals surface area contributed by atoms with E-state index in [1.807, 2.05) is 12.4 Å². The van der Waals surface area contributed by atoms with Gasteiger partial charge in [-0.1, -0.05) is 110 Å². The smallest absolute Gasteiger partial charge is 0.100 e. The third-order valence-electron chi connectivity index (χ3n) is 6.12. The average Bonchev–Trinajstić information content (AvgIpc) is 2.65. The second-order valence-electron chi connectivity index (χ2n) is 8.90. The molecule has 5 heteroatoms. The lowest BCUT2D eigenvalue weighted by Crippen LogP contribution is -2.80. The molecule has 0 bridgehead atoms. The van der Waals surface area contributed by atoms with Gasteiger partial charge < -0.3 is 9.87 Å². The molecule has 0 radical (unpaired) electrons. The third-order valence-corrected chi connectivity index (χ3v) is 7.74. The third kappa shape index (κ3) is 14.8. The highest BCUT2D eigenvalue weighted by Gasteiger charge is 2.31. The maximum atomic E-state index is 11.6. The van der Waals surface area contributed by atoms with Gasteiger partial charge in [0.05, 0.1) is 18.3 Å². The molecule has 0 aliphatic heterocycles. The van der Waals surface area contributed by atoms with Crippen LogP contribution in [0.25, 0.3) is 0 Å². The molecule has 0 aromatic rings. The van der Waals surface area contributed by atoms with E-state index in [-0.39, 0.29) is 0 Å². The Morgan fingerprint density at radius 3 is 1.36 bits per heavy atom. The first-order valence-corrected chi connectivity index (χ1v) is 13.5. The van der Waals surface area contributed by atoms with Crippen molar-refractivity contribution in [3.63, 3.8) is 0 Å². The first-order valence-electron chi connectivity index (χ1n) is 12.1. The molecule has 170 valence electrons. The van der Waals surface area contributed by atoms with Crippen molar-refractivity contribution in [2.24, 2.45) is 0 Å². The Bertz CT molecular complexity index is 439. The second kappa shape index (κ2) is 17.7. The fourth-order valence-electron chi connectivity index (χ4n) is 3.87. The summed E-state index contributed by atoms with van der Waals surface area (Å²) >= 11 is 0. The van der Waals surface area contributed by atoms with Gasteiger partial charge in [-0.2, -0.15) is 0 Å². The first-order chi connectivity index (χ1) is 13.4. The van der Waals surface area contributed by atoms with Gasteiger partial charge in [0.25, 0.3) is 0 Å². The summed E-state index contributed by atoms with van der Waals surface area (Å²) in [4.78, 5) is 0. The lowest BCUT2D eigenvalue weighted by atomic mass is 9.97. The molecule has 0 aliphatic carbocycles. The van der Waals surface area contributed by atoms with E-state index in [1.165, 1.54) is 83.5 Å². The Kier molecular flexibility index (Phi) is 17.6. The van der Waals surface area contributed by atoms with Crippen molar-refractivity contribution >= 4 is 10.1 Å². The molecular formula is C23H49NO3S. The van der Waals surface area contributed by atoms with Crippen LogP contribution in [0.2, 0.25) is 0 Å². The van der Waals surface area contributed by atoms with Gasteiger partial charge in [-0.05, 0) is 13.3 Å². The zero-order chi connectivity index (χ0) is 21.1. The van der Waals surface area contributed by atoms with E-state index in [2.05, 4.69) is 6.92 Å². The number of rotatable bonds is 21. The summed E-state index contributed by atoms with van der Waals surface area (Å²) < 4.78 is 33.7. The summed E-state index contributed by atoms with van der Waals surface area (Å²) in [6, 6.07) is 0. The van der Waals surface area contributed by atoms with Crippen molar-refractivity contribution < 1.29 is 18.3 Å². The molecule has 0 spiro atoms. The predicted molar refractivity (Wildman–Crippen MR) is 120 cm³/mol. The maximum Gasteiger partial charge on any atom is 0.100 e. The highest BCUT2D eigenvalue weighted by molar-refractivity contribution is 7.87. The molecule has 0 fully saturated rings. The highest BCUT2D eigenvalue weighted by atomic mass is 32.2. The normalized spacial score (nSPS) is 14.3. The molecule has 28 heavy (non-hydrogen) atoms. The van der Waals surface area contributed by atoms with Gasteiger partial charge in [-0.25, -0.2) is 8.42 Å². The van der Waals surface area contributed by atoms with Crippen molar-refractivity contribution in [3.8, 4) is 0 Å². The van der Waals surface area contributed by atoms with Crippen molar-refractivity contribution in [2.75, 3.05) is 13.6 Å². The Hall–Kier alpha value is -0.130. The minimum Gasteiger partial charge on any atom is -0.748 e. The van der Waals surface area contributed by atoms with Crippen LogP contribution in [0.1, 0.15) is 129 Å². The Balaban J connectivity index is 3.49. The van der Waals surface area contributed by atoms with Gasteiger partial charge in [-0.15, -0.1) is 0 Å². The largest absolute Gasteiger partial charge is 0.748 e. The van der Waals surface area contributed by atoms with Gasteiger partial charge in [0.15, 0.2) is 0 Å². The van der Waals surface area contributed by atoms with Gasteiger partial charge in [-0.3, -0.25) is 0 Å². The van der Waals surface area contributed by atoms with E-state index < -0.39 is 14.9 Å². The summed E-state index contributed by atoms with van der Waals surface area (Å²) in [5.41, 5.74) is 0. The Morgan fingerprint density at radius 1 is 0.679 bits per heavy atom. The molecule has 0 saturated heterocycles. The molecule has 0 amide bonds. The average molecular weight is 420 g/mol. The van der Waals surface area contributed by atoms with Crippen molar-refractivity contribution in [2.45, 2.75) is 134 Å². The van der Waals surface area contributed by atoms with E-state index in [9.17, 15) is 13.0 Å². The minimum absolute atomic E-state index is 0.452. The molecule has 2 N–H and O–H groups in total. The van der Waals surface area contributed by atoms with Crippen LogP contribution >= 0.6 is 0 Å². The summed E-state index contributed by atoms with van der Waals surface area (Å²) in [5, 5.41) is 1.94. The van der Waals surface area contributed by atoms with Crippen molar-refractivity contribution in [1.29, 1.82) is 0 Å². The Labute approximate surface area is 176 Å². The monoisotopic (exact) mass is 419 g/mol. The van der Waals surface area contributed by atoms with Crippen LogP contribution in [0.15, 0.2) is 0 Å². The lowest BCUT2D eigenvalue weighted by Gasteiger charge is -2.31. The van der Waals surface area contributed by atoms with E-state index in [0.717, 1.165) is 19.3 Å². The molecule has 0 aromatic carbocycles. The topological polar surface area (TPSA) is 73.8 Å². The van der Waals surface area contributed by atoms with Gasteiger partial charge in [0, 0.05) is 6.42 Å². The van der Waals surface area contributed by atoms with Crippen LogP contribution < -0.4 is 5.32 Å². The fourth-order valence-corrected chi connectivity index (χ4v) is 4.63. The molecule has 0 heterocycles. The summed E-state index contributed by atoms with van der Waals surface area (Å²) in [6.45, 7) is 4.59. The van der Waals surface area contributed by atoms with Crippen LogP contribution in [0.5, 0.6) is 0 Å².